The van der Waals surface area contributed by atoms with Crippen LogP contribution in [0.4, 0.5) is 5.69 Å². The second-order valence-corrected chi connectivity index (χ2v) is 8.04. The number of aromatic nitrogens is 7. The molecular weight excluding hydrogens is 412 g/mol. The zero-order valence-electron chi connectivity index (χ0n) is 18.1. The number of nitrogens with one attached hydrogen (secondary N) is 2. The zero-order chi connectivity index (χ0) is 22.4. The fraction of sp³-hybridized carbons (Fsp3) is 0.0800. The SMILES string of the molecule is CN(C)c1cncc(-c2ccc3[nH]nc(-c4nc5nccc(-c6ccncc6)c5[nH]4)c3c2)c1. The van der Waals surface area contributed by atoms with Crippen LogP contribution in [0.25, 0.3) is 55.8 Å². The van der Waals surface area contributed by atoms with Crippen LogP contribution in [-0.4, -0.2) is 49.2 Å². The molecule has 0 fully saturated rings. The lowest BCUT2D eigenvalue weighted by Gasteiger charge is -2.13. The van der Waals surface area contributed by atoms with E-state index >= 15 is 0 Å². The molecule has 6 aromatic rings. The number of pyridine rings is 3. The van der Waals surface area contributed by atoms with Crippen molar-refractivity contribution in [3.05, 3.63) is 73.4 Å². The fourth-order valence-corrected chi connectivity index (χ4v) is 4.00. The Balaban J connectivity index is 1.48. The molecule has 2 N–H and O–H groups in total. The molecule has 8 nitrogen and oxygen atoms in total. The third-order valence-corrected chi connectivity index (χ3v) is 5.74. The van der Waals surface area contributed by atoms with E-state index in [2.05, 4.69) is 48.3 Å². The van der Waals surface area contributed by atoms with Gasteiger partial charge in [0.2, 0.25) is 0 Å². The predicted molar refractivity (Wildman–Crippen MR) is 130 cm³/mol. The molecule has 0 saturated heterocycles. The van der Waals surface area contributed by atoms with Crippen LogP contribution in [0.3, 0.4) is 0 Å². The van der Waals surface area contributed by atoms with Gasteiger partial charge in [-0.05, 0) is 47.5 Å². The molecule has 0 aliphatic rings. The quantitative estimate of drug-likeness (QED) is 0.419. The summed E-state index contributed by atoms with van der Waals surface area (Å²) in [7, 11) is 4.02. The summed E-state index contributed by atoms with van der Waals surface area (Å²) in [5.41, 5.74) is 8.43. The molecule has 0 aliphatic heterocycles. The number of fused-ring (bicyclic) bond motifs is 2. The van der Waals surface area contributed by atoms with Crippen LogP contribution < -0.4 is 4.90 Å². The molecule has 0 atom stereocenters. The average Bonchev–Trinajstić information content (AvgIpc) is 3.48. The summed E-state index contributed by atoms with van der Waals surface area (Å²) in [5, 5.41) is 8.67. The number of rotatable bonds is 4. The number of imidazole rings is 1. The first kappa shape index (κ1) is 19.1. The van der Waals surface area contributed by atoms with Gasteiger partial charge >= 0.3 is 0 Å². The molecule has 0 aliphatic carbocycles. The number of nitrogens with zero attached hydrogens (tertiary/aromatic N) is 6. The summed E-state index contributed by atoms with van der Waals surface area (Å²) in [4.78, 5) is 23.2. The lowest BCUT2D eigenvalue weighted by Crippen LogP contribution is -2.08. The van der Waals surface area contributed by atoms with Gasteiger partial charge in [-0.2, -0.15) is 5.10 Å². The number of hydrogen-bond acceptors (Lipinski definition) is 6. The molecule has 160 valence electrons. The van der Waals surface area contributed by atoms with Gasteiger partial charge in [0.05, 0.1) is 22.9 Å². The lowest BCUT2D eigenvalue weighted by molar-refractivity contribution is 1.10. The maximum atomic E-state index is 4.75. The van der Waals surface area contributed by atoms with Crippen LogP contribution in [0.15, 0.2) is 73.4 Å². The summed E-state index contributed by atoms with van der Waals surface area (Å²) < 4.78 is 0. The zero-order valence-corrected chi connectivity index (χ0v) is 18.1. The highest BCUT2D eigenvalue weighted by atomic mass is 15.1. The van der Waals surface area contributed by atoms with E-state index in [4.69, 9.17) is 4.98 Å². The van der Waals surface area contributed by atoms with Crippen molar-refractivity contribution in [2.24, 2.45) is 0 Å². The second kappa shape index (κ2) is 7.52. The summed E-state index contributed by atoms with van der Waals surface area (Å²) in [6.07, 6.45) is 9.06. The van der Waals surface area contributed by atoms with Crippen molar-refractivity contribution in [1.82, 2.24) is 35.1 Å². The number of anilines is 1. The Morgan fingerprint density at radius 1 is 0.818 bits per heavy atom. The van der Waals surface area contributed by atoms with Crippen molar-refractivity contribution >= 4 is 27.8 Å². The third kappa shape index (κ3) is 3.28. The largest absolute Gasteiger partial charge is 0.376 e. The highest BCUT2D eigenvalue weighted by Crippen LogP contribution is 2.32. The Labute approximate surface area is 189 Å². The highest BCUT2D eigenvalue weighted by Gasteiger charge is 2.16. The van der Waals surface area contributed by atoms with E-state index in [1.54, 1.807) is 18.6 Å². The molecule has 0 bridgehead atoms. The molecule has 5 heterocycles. The standard InChI is InChI=1S/C25H20N8/c1-33(2)18-11-17(13-27-14-18)16-3-4-21-20(12-16)23(32-31-21)25-29-22-19(7-10-28-24(22)30-25)15-5-8-26-9-6-15/h3-14H,1-2H3,(H,31,32)(H,28,29,30). The molecule has 0 radical (unpaired) electrons. The normalized spacial score (nSPS) is 11.3. The Morgan fingerprint density at radius 3 is 2.55 bits per heavy atom. The summed E-state index contributed by atoms with van der Waals surface area (Å²) in [6, 6.07) is 14.3. The van der Waals surface area contributed by atoms with Crippen molar-refractivity contribution in [3.63, 3.8) is 0 Å². The molecular formula is C25H20N8. The van der Waals surface area contributed by atoms with Gasteiger partial charge in [-0.3, -0.25) is 15.1 Å². The first-order valence-corrected chi connectivity index (χ1v) is 10.5. The Kier molecular flexibility index (Phi) is 4.36. The molecule has 0 saturated carbocycles. The van der Waals surface area contributed by atoms with Crippen molar-refractivity contribution in [2.45, 2.75) is 0 Å². The molecule has 5 aromatic heterocycles. The number of aromatic amines is 2. The minimum absolute atomic E-state index is 0.648. The number of H-pyrrole nitrogens is 2. The molecule has 8 heteroatoms. The Bertz CT molecular complexity index is 1600. The number of benzene rings is 1. The monoisotopic (exact) mass is 432 g/mol. The van der Waals surface area contributed by atoms with Gasteiger partial charge in [0.25, 0.3) is 0 Å². The van der Waals surface area contributed by atoms with E-state index in [0.29, 0.717) is 11.5 Å². The molecule has 0 amide bonds. The van der Waals surface area contributed by atoms with Gasteiger partial charge in [0.15, 0.2) is 11.5 Å². The van der Waals surface area contributed by atoms with Gasteiger partial charge in [-0.25, -0.2) is 9.97 Å². The van der Waals surface area contributed by atoms with E-state index in [0.717, 1.165) is 50.1 Å². The van der Waals surface area contributed by atoms with E-state index in [9.17, 15) is 0 Å². The summed E-state index contributed by atoms with van der Waals surface area (Å²) in [5.74, 6) is 0.669. The molecule has 33 heavy (non-hydrogen) atoms. The molecule has 6 rings (SSSR count). The van der Waals surface area contributed by atoms with Crippen LogP contribution >= 0.6 is 0 Å². The maximum Gasteiger partial charge on any atom is 0.178 e. The third-order valence-electron chi connectivity index (χ3n) is 5.74. The lowest BCUT2D eigenvalue weighted by atomic mass is 10.0. The van der Waals surface area contributed by atoms with E-state index in [1.807, 2.05) is 55.7 Å². The second-order valence-electron chi connectivity index (χ2n) is 8.04. The van der Waals surface area contributed by atoms with E-state index < -0.39 is 0 Å². The molecule has 0 unspecified atom stereocenters. The van der Waals surface area contributed by atoms with Crippen molar-refractivity contribution in [3.8, 4) is 33.8 Å². The summed E-state index contributed by atoms with van der Waals surface area (Å²) >= 11 is 0. The minimum Gasteiger partial charge on any atom is -0.376 e. The average molecular weight is 432 g/mol. The van der Waals surface area contributed by atoms with Crippen molar-refractivity contribution < 1.29 is 0 Å². The fourth-order valence-electron chi connectivity index (χ4n) is 4.00. The van der Waals surface area contributed by atoms with Crippen LogP contribution in [-0.2, 0) is 0 Å². The van der Waals surface area contributed by atoms with Gasteiger partial charge in [0.1, 0.15) is 5.69 Å². The van der Waals surface area contributed by atoms with Gasteiger partial charge in [-0.1, -0.05) is 6.07 Å². The van der Waals surface area contributed by atoms with Crippen LogP contribution in [0.5, 0.6) is 0 Å². The van der Waals surface area contributed by atoms with Crippen molar-refractivity contribution in [2.75, 3.05) is 19.0 Å². The molecule has 0 spiro atoms. The van der Waals surface area contributed by atoms with Gasteiger partial charge < -0.3 is 9.88 Å². The highest BCUT2D eigenvalue weighted by molar-refractivity contribution is 5.97. The van der Waals surface area contributed by atoms with Crippen LogP contribution in [0, 0.1) is 0 Å². The van der Waals surface area contributed by atoms with Gasteiger partial charge in [-0.15, -0.1) is 0 Å². The minimum atomic E-state index is 0.648. The van der Waals surface area contributed by atoms with Crippen molar-refractivity contribution in [1.29, 1.82) is 0 Å². The van der Waals surface area contributed by atoms with E-state index in [1.165, 1.54) is 0 Å². The van der Waals surface area contributed by atoms with Crippen LogP contribution in [0.1, 0.15) is 0 Å². The summed E-state index contributed by atoms with van der Waals surface area (Å²) in [6.45, 7) is 0. The maximum absolute atomic E-state index is 4.75. The topological polar surface area (TPSA) is 99.3 Å². The van der Waals surface area contributed by atoms with E-state index in [-0.39, 0.29) is 0 Å². The Hall–Kier alpha value is -4.59. The predicted octanol–water partition coefficient (Wildman–Crippen LogP) is 4.69. The Morgan fingerprint density at radius 2 is 1.70 bits per heavy atom. The smallest absolute Gasteiger partial charge is 0.178 e. The van der Waals surface area contributed by atoms with Gasteiger partial charge in [0, 0.05) is 55.4 Å². The van der Waals surface area contributed by atoms with Crippen LogP contribution in [0.2, 0.25) is 0 Å². The molecule has 1 aromatic carbocycles. The first-order chi connectivity index (χ1) is 16.2. The first-order valence-electron chi connectivity index (χ1n) is 10.5. The number of hydrogen-bond donors (Lipinski definition) is 2.